The number of amides is 3. The number of nitrogens with one attached hydrogen (secondary N) is 1. The zero-order valence-corrected chi connectivity index (χ0v) is 14.5. The van der Waals surface area contributed by atoms with Crippen LogP contribution in [-0.2, 0) is 9.59 Å². The summed E-state index contributed by atoms with van der Waals surface area (Å²) < 4.78 is 0. The Morgan fingerprint density at radius 3 is 2.79 bits per heavy atom. The van der Waals surface area contributed by atoms with Crippen LogP contribution in [0, 0.1) is 5.92 Å². The molecule has 2 atom stereocenters. The van der Waals surface area contributed by atoms with Crippen LogP contribution in [-0.4, -0.2) is 53.7 Å². The van der Waals surface area contributed by atoms with Crippen LogP contribution in [0.2, 0.25) is 5.02 Å². The number of carbonyl (C=O) groups is 3. The van der Waals surface area contributed by atoms with Crippen molar-refractivity contribution in [2.24, 2.45) is 5.92 Å². The first kappa shape index (κ1) is 16.8. The van der Waals surface area contributed by atoms with E-state index in [2.05, 4.69) is 5.32 Å². The van der Waals surface area contributed by atoms with E-state index in [9.17, 15) is 14.4 Å². The standard InChI is InChI=1S/C17H20ClN3O3/c1-10(22)19-12-3-4-14(18)13(8-12)17(24)21-6-5-11-7-16(23)20(2)15(11)9-21/h3-4,8,11,15H,5-7,9H2,1-2H3,(H,19,22)/t11-,15-/m1/s1. The van der Waals surface area contributed by atoms with Crippen LogP contribution in [0.3, 0.4) is 0 Å². The minimum Gasteiger partial charge on any atom is -0.341 e. The van der Waals surface area contributed by atoms with Gasteiger partial charge in [-0.1, -0.05) is 11.6 Å². The van der Waals surface area contributed by atoms with E-state index >= 15 is 0 Å². The zero-order chi connectivity index (χ0) is 17.4. The molecule has 2 aliphatic heterocycles. The average molecular weight is 350 g/mol. The molecule has 1 aromatic carbocycles. The monoisotopic (exact) mass is 349 g/mol. The van der Waals surface area contributed by atoms with Crippen LogP contribution in [0.5, 0.6) is 0 Å². The number of carbonyl (C=O) groups excluding carboxylic acids is 3. The highest BCUT2D eigenvalue weighted by molar-refractivity contribution is 6.34. The predicted octanol–water partition coefficient (Wildman–Crippen LogP) is 1.99. The van der Waals surface area contributed by atoms with Gasteiger partial charge in [-0.3, -0.25) is 14.4 Å². The lowest BCUT2D eigenvalue weighted by Crippen LogP contribution is -2.49. The average Bonchev–Trinajstić information content (AvgIpc) is 2.82. The zero-order valence-electron chi connectivity index (χ0n) is 13.7. The molecule has 0 aliphatic carbocycles. The van der Waals surface area contributed by atoms with Gasteiger partial charge in [-0.15, -0.1) is 0 Å². The Hall–Kier alpha value is -2.08. The van der Waals surface area contributed by atoms with Gasteiger partial charge in [-0.25, -0.2) is 0 Å². The molecular formula is C17H20ClN3O3. The lowest BCUT2D eigenvalue weighted by atomic mass is 9.92. The van der Waals surface area contributed by atoms with Gasteiger partial charge < -0.3 is 15.1 Å². The molecule has 0 bridgehead atoms. The normalized spacial score (nSPS) is 23.2. The Kier molecular flexibility index (Phi) is 4.49. The van der Waals surface area contributed by atoms with Crippen molar-refractivity contribution in [3.05, 3.63) is 28.8 Å². The number of benzene rings is 1. The molecule has 2 fully saturated rings. The van der Waals surface area contributed by atoms with Crippen molar-refractivity contribution in [1.29, 1.82) is 0 Å². The van der Waals surface area contributed by atoms with Gasteiger partial charge in [0.15, 0.2) is 0 Å². The molecule has 1 aromatic rings. The van der Waals surface area contributed by atoms with Crippen molar-refractivity contribution in [3.8, 4) is 0 Å². The fourth-order valence-electron chi connectivity index (χ4n) is 3.54. The van der Waals surface area contributed by atoms with Crippen molar-refractivity contribution in [1.82, 2.24) is 9.80 Å². The van der Waals surface area contributed by atoms with Crippen molar-refractivity contribution < 1.29 is 14.4 Å². The fourth-order valence-corrected chi connectivity index (χ4v) is 3.73. The molecule has 2 saturated heterocycles. The van der Waals surface area contributed by atoms with Crippen LogP contribution in [0.15, 0.2) is 18.2 Å². The number of rotatable bonds is 2. The molecule has 1 N–H and O–H groups in total. The van der Waals surface area contributed by atoms with Crippen LogP contribution in [0.25, 0.3) is 0 Å². The molecule has 24 heavy (non-hydrogen) atoms. The predicted molar refractivity (Wildman–Crippen MR) is 90.9 cm³/mol. The number of nitrogens with zero attached hydrogens (tertiary/aromatic N) is 2. The van der Waals surface area contributed by atoms with Gasteiger partial charge in [-0.2, -0.15) is 0 Å². The second kappa shape index (κ2) is 6.43. The maximum absolute atomic E-state index is 12.9. The number of anilines is 1. The summed E-state index contributed by atoms with van der Waals surface area (Å²) in [7, 11) is 1.80. The number of piperidine rings is 1. The molecule has 6 nitrogen and oxygen atoms in total. The fraction of sp³-hybridized carbons (Fsp3) is 0.471. The highest BCUT2D eigenvalue weighted by Gasteiger charge is 2.42. The molecule has 2 aliphatic rings. The van der Waals surface area contributed by atoms with Gasteiger partial charge in [-0.05, 0) is 30.5 Å². The van der Waals surface area contributed by atoms with Gasteiger partial charge in [0.05, 0.1) is 16.6 Å². The first-order valence-electron chi connectivity index (χ1n) is 7.99. The third-order valence-electron chi connectivity index (χ3n) is 4.85. The van der Waals surface area contributed by atoms with E-state index in [0.29, 0.717) is 41.7 Å². The minimum absolute atomic E-state index is 0.0764. The first-order chi connectivity index (χ1) is 11.4. The number of hydrogen-bond acceptors (Lipinski definition) is 3. The van der Waals surface area contributed by atoms with E-state index < -0.39 is 0 Å². The van der Waals surface area contributed by atoms with Crippen LogP contribution >= 0.6 is 11.6 Å². The molecule has 2 heterocycles. The van der Waals surface area contributed by atoms with E-state index in [-0.39, 0.29) is 23.8 Å². The second-order valence-corrected chi connectivity index (χ2v) is 6.86. The first-order valence-corrected chi connectivity index (χ1v) is 8.36. The van der Waals surface area contributed by atoms with Gasteiger partial charge in [0.1, 0.15) is 0 Å². The van der Waals surface area contributed by atoms with Gasteiger partial charge >= 0.3 is 0 Å². The minimum atomic E-state index is -0.206. The summed E-state index contributed by atoms with van der Waals surface area (Å²) in [6.07, 6.45) is 1.39. The number of likely N-dealkylation sites (N-methyl/N-ethyl adjacent to an activating group) is 1. The van der Waals surface area contributed by atoms with Crippen molar-refractivity contribution in [2.75, 3.05) is 25.5 Å². The van der Waals surface area contributed by atoms with Crippen molar-refractivity contribution in [3.63, 3.8) is 0 Å². The third kappa shape index (κ3) is 3.11. The Balaban J connectivity index is 1.79. The summed E-state index contributed by atoms with van der Waals surface area (Å²) in [5.41, 5.74) is 0.909. The highest BCUT2D eigenvalue weighted by atomic mass is 35.5. The van der Waals surface area contributed by atoms with Crippen molar-refractivity contribution >= 4 is 35.0 Å². The molecule has 0 aromatic heterocycles. The van der Waals surface area contributed by atoms with Gasteiger partial charge in [0.2, 0.25) is 11.8 Å². The van der Waals surface area contributed by atoms with Crippen LogP contribution < -0.4 is 5.32 Å². The van der Waals surface area contributed by atoms with Crippen LogP contribution in [0.4, 0.5) is 5.69 Å². The van der Waals surface area contributed by atoms with Gasteiger partial charge in [0.25, 0.3) is 5.91 Å². The number of fused-ring (bicyclic) bond motifs is 1. The number of likely N-dealkylation sites (tertiary alicyclic amines) is 2. The second-order valence-electron chi connectivity index (χ2n) is 6.45. The quantitative estimate of drug-likeness (QED) is 0.887. The molecule has 128 valence electrons. The lowest BCUT2D eigenvalue weighted by Gasteiger charge is -2.37. The maximum Gasteiger partial charge on any atom is 0.255 e. The topological polar surface area (TPSA) is 69.7 Å². The molecule has 0 radical (unpaired) electrons. The summed E-state index contributed by atoms with van der Waals surface area (Å²) in [5.74, 6) is 0.0961. The Morgan fingerprint density at radius 1 is 1.33 bits per heavy atom. The van der Waals surface area contributed by atoms with Gasteiger partial charge in [0, 0.05) is 39.2 Å². The summed E-state index contributed by atoms with van der Waals surface area (Å²) in [6.45, 7) is 2.54. The summed E-state index contributed by atoms with van der Waals surface area (Å²) >= 11 is 6.19. The largest absolute Gasteiger partial charge is 0.341 e. The molecule has 7 heteroatoms. The Labute approximate surface area is 145 Å². The van der Waals surface area contributed by atoms with Crippen molar-refractivity contribution in [2.45, 2.75) is 25.8 Å². The molecule has 3 rings (SSSR count). The Morgan fingerprint density at radius 2 is 2.08 bits per heavy atom. The Bertz CT molecular complexity index is 706. The van der Waals surface area contributed by atoms with E-state index in [1.807, 2.05) is 0 Å². The molecular weight excluding hydrogens is 330 g/mol. The third-order valence-corrected chi connectivity index (χ3v) is 5.18. The van der Waals surface area contributed by atoms with Crippen LogP contribution in [0.1, 0.15) is 30.1 Å². The van der Waals surface area contributed by atoms with E-state index in [4.69, 9.17) is 11.6 Å². The van der Waals surface area contributed by atoms with E-state index in [1.54, 1.807) is 35.0 Å². The number of hydrogen-bond donors (Lipinski definition) is 1. The van der Waals surface area contributed by atoms with E-state index in [1.165, 1.54) is 6.92 Å². The summed E-state index contributed by atoms with van der Waals surface area (Å²) in [5, 5.41) is 3.01. The lowest BCUT2D eigenvalue weighted by molar-refractivity contribution is -0.127. The molecule has 0 unspecified atom stereocenters. The molecule has 3 amide bonds. The molecule has 0 spiro atoms. The maximum atomic E-state index is 12.9. The highest BCUT2D eigenvalue weighted by Crippen LogP contribution is 2.32. The SMILES string of the molecule is CC(=O)Nc1ccc(Cl)c(C(=O)N2CC[C@@H]3CC(=O)N(C)[C@@H]3C2)c1. The smallest absolute Gasteiger partial charge is 0.255 e. The van der Waals surface area contributed by atoms with E-state index in [0.717, 1.165) is 6.42 Å². The summed E-state index contributed by atoms with van der Waals surface area (Å²) in [4.78, 5) is 39.4. The molecule has 0 saturated carbocycles. The number of halogens is 1. The summed E-state index contributed by atoms with van der Waals surface area (Å²) in [6, 6.07) is 4.95.